The van der Waals surface area contributed by atoms with E-state index in [-0.39, 0.29) is 0 Å². The van der Waals surface area contributed by atoms with Gasteiger partial charge >= 0.3 is 0 Å². The molecular weight excluding hydrogens is 254 g/mol. The van der Waals surface area contributed by atoms with E-state index in [4.69, 9.17) is 5.73 Å². The number of halogens is 1. The van der Waals surface area contributed by atoms with Crippen molar-refractivity contribution in [2.24, 2.45) is 21.9 Å². The summed E-state index contributed by atoms with van der Waals surface area (Å²) in [6.45, 7) is 2.11. The van der Waals surface area contributed by atoms with Crippen molar-refractivity contribution in [3.05, 3.63) is 34.3 Å². The summed E-state index contributed by atoms with van der Waals surface area (Å²) in [5.41, 5.74) is 7.73. The average Bonchev–Trinajstić information content (AvgIpc) is 2.20. The van der Waals surface area contributed by atoms with Crippen LogP contribution >= 0.6 is 15.9 Å². The highest BCUT2D eigenvalue weighted by Crippen LogP contribution is 2.23. The molecule has 4 heteroatoms. The third-order valence-electron chi connectivity index (χ3n) is 2.42. The van der Waals surface area contributed by atoms with E-state index in [0.29, 0.717) is 11.8 Å². The zero-order chi connectivity index (χ0) is 10.8. The second-order valence-electron chi connectivity index (χ2n) is 3.66. The van der Waals surface area contributed by atoms with E-state index in [9.17, 15) is 0 Å². The molecule has 0 aromatic heterocycles. The van der Waals surface area contributed by atoms with Crippen LogP contribution in [0.3, 0.4) is 0 Å². The highest BCUT2D eigenvalue weighted by Gasteiger charge is 2.19. The lowest BCUT2D eigenvalue weighted by Crippen LogP contribution is -2.25. The molecule has 1 aliphatic rings. The van der Waals surface area contributed by atoms with Gasteiger partial charge in [-0.05, 0) is 6.07 Å². The van der Waals surface area contributed by atoms with Crippen molar-refractivity contribution in [3.63, 3.8) is 0 Å². The van der Waals surface area contributed by atoms with Crippen LogP contribution in [0.2, 0.25) is 0 Å². The van der Waals surface area contributed by atoms with Crippen molar-refractivity contribution in [1.29, 1.82) is 0 Å². The maximum absolute atomic E-state index is 5.63. The van der Waals surface area contributed by atoms with Gasteiger partial charge in [0.2, 0.25) is 0 Å². The largest absolute Gasteiger partial charge is 0.386 e. The van der Waals surface area contributed by atoms with Gasteiger partial charge in [0.25, 0.3) is 0 Å². The quantitative estimate of drug-likeness (QED) is 0.834. The maximum Gasteiger partial charge on any atom is 0.123 e. The van der Waals surface area contributed by atoms with Crippen molar-refractivity contribution in [1.82, 2.24) is 0 Å². The molecule has 78 valence electrons. The summed E-state index contributed by atoms with van der Waals surface area (Å²) in [7, 11) is 0. The molecule has 0 fully saturated rings. The van der Waals surface area contributed by atoms with Crippen LogP contribution in [0.1, 0.15) is 18.9 Å². The Kier molecular flexibility index (Phi) is 2.86. The van der Waals surface area contributed by atoms with Crippen LogP contribution in [0.4, 0.5) is 0 Å². The van der Waals surface area contributed by atoms with Crippen molar-refractivity contribution < 1.29 is 0 Å². The van der Waals surface area contributed by atoms with Crippen LogP contribution in [0.25, 0.3) is 0 Å². The minimum Gasteiger partial charge on any atom is -0.386 e. The van der Waals surface area contributed by atoms with Crippen LogP contribution < -0.4 is 5.73 Å². The number of benzene rings is 1. The smallest absolute Gasteiger partial charge is 0.123 e. The van der Waals surface area contributed by atoms with E-state index in [1.807, 2.05) is 24.3 Å². The molecule has 0 aliphatic carbocycles. The van der Waals surface area contributed by atoms with E-state index in [0.717, 1.165) is 22.2 Å². The molecule has 0 saturated carbocycles. The average molecular weight is 266 g/mol. The molecule has 0 spiro atoms. The molecule has 1 aromatic rings. The standard InChI is InChI=1S/C11H12BrN3/c1-7-6-10(13)14-15-11(7)8-4-2-3-5-9(8)12/h2-5,7H,6H2,1H3,(H2,13,14). The van der Waals surface area contributed by atoms with Crippen molar-refractivity contribution >= 4 is 27.5 Å². The highest BCUT2D eigenvalue weighted by atomic mass is 79.9. The van der Waals surface area contributed by atoms with Crippen molar-refractivity contribution in [2.75, 3.05) is 0 Å². The van der Waals surface area contributed by atoms with Gasteiger partial charge < -0.3 is 5.73 Å². The molecule has 2 N–H and O–H groups in total. The Morgan fingerprint density at radius 2 is 2.07 bits per heavy atom. The Bertz CT molecular complexity index is 437. The first kappa shape index (κ1) is 10.4. The molecular formula is C11H12BrN3. The van der Waals surface area contributed by atoms with E-state index < -0.39 is 0 Å². The van der Waals surface area contributed by atoms with Crippen LogP contribution in [0.5, 0.6) is 0 Å². The van der Waals surface area contributed by atoms with Gasteiger partial charge in [-0.25, -0.2) is 0 Å². The van der Waals surface area contributed by atoms with Gasteiger partial charge in [0.1, 0.15) is 5.84 Å². The van der Waals surface area contributed by atoms with Gasteiger partial charge in [-0.3, -0.25) is 0 Å². The van der Waals surface area contributed by atoms with Gasteiger partial charge in [-0.1, -0.05) is 41.1 Å². The second kappa shape index (κ2) is 4.14. The summed E-state index contributed by atoms with van der Waals surface area (Å²) in [5.74, 6) is 0.930. The second-order valence-corrected chi connectivity index (χ2v) is 4.52. The first-order chi connectivity index (χ1) is 7.18. The maximum atomic E-state index is 5.63. The molecule has 0 saturated heterocycles. The van der Waals surface area contributed by atoms with Crippen molar-refractivity contribution in [2.45, 2.75) is 13.3 Å². The Morgan fingerprint density at radius 3 is 2.73 bits per heavy atom. The van der Waals surface area contributed by atoms with Crippen LogP contribution in [-0.2, 0) is 0 Å². The summed E-state index contributed by atoms with van der Waals surface area (Å²) in [4.78, 5) is 0. The lowest BCUT2D eigenvalue weighted by molar-refractivity contribution is 0.783. The van der Waals surface area contributed by atoms with E-state index in [1.54, 1.807) is 0 Å². The SMILES string of the molecule is CC1CC(N)=NN=C1c1ccccc1Br. The Morgan fingerprint density at radius 1 is 1.33 bits per heavy atom. The molecule has 0 radical (unpaired) electrons. The third-order valence-corrected chi connectivity index (χ3v) is 3.11. The minimum atomic E-state index is 0.321. The van der Waals surface area contributed by atoms with Crippen molar-refractivity contribution in [3.8, 4) is 0 Å². The van der Waals surface area contributed by atoms with Gasteiger partial charge in [0.05, 0.1) is 5.71 Å². The monoisotopic (exact) mass is 265 g/mol. The topological polar surface area (TPSA) is 50.7 Å². The van der Waals surface area contributed by atoms with E-state index >= 15 is 0 Å². The fourth-order valence-electron chi connectivity index (χ4n) is 1.66. The fourth-order valence-corrected chi connectivity index (χ4v) is 2.14. The predicted octanol–water partition coefficient (Wildman–Crippen LogP) is 2.55. The van der Waals surface area contributed by atoms with Crippen LogP contribution in [0, 0.1) is 5.92 Å². The third kappa shape index (κ3) is 2.09. The van der Waals surface area contributed by atoms with Gasteiger partial charge in [0, 0.05) is 22.4 Å². The zero-order valence-electron chi connectivity index (χ0n) is 8.44. The fraction of sp³-hybridized carbons (Fsp3) is 0.273. The predicted molar refractivity (Wildman–Crippen MR) is 66.1 cm³/mol. The summed E-state index contributed by atoms with van der Waals surface area (Å²) < 4.78 is 1.05. The Balaban J connectivity index is 2.44. The van der Waals surface area contributed by atoms with Gasteiger partial charge in [-0.15, -0.1) is 5.10 Å². The molecule has 0 bridgehead atoms. The van der Waals surface area contributed by atoms with Gasteiger partial charge in [-0.2, -0.15) is 5.10 Å². The van der Waals surface area contributed by atoms with Gasteiger partial charge in [0.15, 0.2) is 0 Å². The lowest BCUT2D eigenvalue weighted by Gasteiger charge is -2.18. The normalized spacial score (nSPS) is 20.8. The number of nitrogens with two attached hydrogens (primary N) is 1. The zero-order valence-corrected chi connectivity index (χ0v) is 10.0. The minimum absolute atomic E-state index is 0.321. The number of hydrogen-bond acceptors (Lipinski definition) is 3. The first-order valence-corrected chi connectivity index (χ1v) is 5.62. The molecule has 0 amide bonds. The number of rotatable bonds is 1. The molecule has 15 heavy (non-hydrogen) atoms. The molecule has 2 rings (SSSR count). The summed E-state index contributed by atoms with van der Waals surface area (Å²) >= 11 is 3.51. The van der Waals surface area contributed by atoms with Crippen LogP contribution in [-0.4, -0.2) is 11.5 Å². The molecule has 1 aliphatic heterocycles. The summed E-state index contributed by atoms with van der Waals surface area (Å²) in [5, 5.41) is 8.11. The Hall–Kier alpha value is -1.16. The molecule has 1 atom stereocenters. The number of nitrogens with zero attached hydrogens (tertiary/aromatic N) is 2. The summed E-state index contributed by atoms with van der Waals surface area (Å²) in [6, 6.07) is 8.03. The highest BCUT2D eigenvalue weighted by molar-refractivity contribution is 9.10. The molecule has 1 heterocycles. The van der Waals surface area contributed by atoms with E-state index in [2.05, 4.69) is 33.1 Å². The first-order valence-electron chi connectivity index (χ1n) is 4.83. The Labute approximate surface area is 97.2 Å². The number of amidine groups is 1. The van der Waals surface area contributed by atoms with Crippen LogP contribution in [0.15, 0.2) is 38.9 Å². The van der Waals surface area contributed by atoms with E-state index in [1.165, 1.54) is 0 Å². The summed E-state index contributed by atoms with van der Waals surface area (Å²) in [6.07, 6.45) is 0.778. The molecule has 3 nitrogen and oxygen atoms in total. The number of hydrogen-bond donors (Lipinski definition) is 1. The molecule has 1 unspecified atom stereocenters. The molecule has 1 aromatic carbocycles. The lowest BCUT2D eigenvalue weighted by atomic mass is 9.94.